The summed E-state index contributed by atoms with van der Waals surface area (Å²) in [4.78, 5) is 25.5. The number of rotatable bonds is 3. The Hall–Kier alpha value is -2.12. The topological polar surface area (TPSA) is 71.1 Å². The number of pyridine rings is 1. The van der Waals surface area contributed by atoms with Crippen LogP contribution < -0.4 is 10.6 Å². The Bertz CT molecular complexity index is 443. The second kappa shape index (κ2) is 5.48. The van der Waals surface area contributed by atoms with Gasteiger partial charge in [-0.05, 0) is 18.6 Å². The van der Waals surface area contributed by atoms with Gasteiger partial charge >= 0.3 is 12.1 Å². The number of nitrogens with one attached hydrogen (secondary N) is 2. The Morgan fingerprint density at radius 1 is 1.33 bits per heavy atom. The van der Waals surface area contributed by atoms with Crippen LogP contribution in [0.5, 0.6) is 0 Å². The molecule has 1 aromatic rings. The summed E-state index contributed by atoms with van der Waals surface area (Å²) in [7, 11) is 0. The number of nitrogens with zero attached hydrogens (tertiary/aromatic N) is 1. The zero-order valence-corrected chi connectivity index (χ0v) is 9.34. The summed E-state index contributed by atoms with van der Waals surface area (Å²) in [6.07, 6.45) is -3.51. The molecule has 0 aliphatic rings. The van der Waals surface area contributed by atoms with Crippen molar-refractivity contribution < 1.29 is 22.8 Å². The van der Waals surface area contributed by atoms with Crippen LogP contribution in [-0.4, -0.2) is 29.5 Å². The van der Waals surface area contributed by atoms with Crippen LogP contribution in [0.1, 0.15) is 5.56 Å². The van der Waals surface area contributed by atoms with Crippen molar-refractivity contribution in [3.8, 4) is 0 Å². The Labute approximate surface area is 100 Å². The van der Waals surface area contributed by atoms with Gasteiger partial charge in [-0.3, -0.25) is 9.59 Å². The molecule has 8 heteroatoms. The van der Waals surface area contributed by atoms with Gasteiger partial charge in [0.25, 0.3) is 0 Å². The van der Waals surface area contributed by atoms with Crippen molar-refractivity contribution >= 4 is 17.6 Å². The molecule has 0 spiro atoms. The van der Waals surface area contributed by atoms with Gasteiger partial charge in [-0.25, -0.2) is 4.98 Å². The Kier molecular flexibility index (Phi) is 4.24. The molecule has 0 saturated heterocycles. The van der Waals surface area contributed by atoms with Crippen LogP contribution in [0, 0.1) is 6.92 Å². The molecule has 2 N–H and O–H groups in total. The molecule has 1 heterocycles. The second-order valence-corrected chi connectivity index (χ2v) is 3.45. The summed E-state index contributed by atoms with van der Waals surface area (Å²) >= 11 is 0. The lowest BCUT2D eigenvalue weighted by Gasteiger charge is -2.08. The summed E-state index contributed by atoms with van der Waals surface area (Å²) in [5.41, 5.74) is 0.873. The van der Waals surface area contributed by atoms with E-state index in [1.54, 1.807) is 13.0 Å². The van der Waals surface area contributed by atoms with Gasteiger partial charge in [0.2, 0.25) is 5.91 Å². The number of halogens is 3. The molecule has 1 rings (SSSR count). The SMILES string of the molecule is Cc1ccc(NC(=O)CNC(=O)C(F)(F)F)nc1. The molecule has 0 unspecified atom stereocenters. The van der Waals surface area contributed by atoms with E-state index in [0.717, 1.165) is 5.56 Å². The maximum absolute atomic E-state index is 11.8. The molecule has 0 aromatic carbocycles. The maximum atomic E-state index is 11.8. The molecule has 98 valence electrons. The first kappa shape index (κ1) is 13.9. The number of anilines is 1. The van der Waals surface area contributed by atoms with Crippen molar-refractivity contribution in [2.75, 3.05) is 11.9 Å². The number of hydrogen-bond donors (Lipinski definition) is 2. The van der Waals surface area contributed by atoms with Gasteiger partial charge in [-0.1, -0.05) is 6.07 Å². The van der Waals surface area contributed by atoms with Gasteiger partial charge in [0.1, 0.15) is 5.82 Å². The minimum atomic E-state index is -5.00. The van der Waals surface area contributed by atoms with Crippen LogP contribution >= 0.6 is 0 Å². The van der Waals surface area contributed by atoms with Crippen LogP contribution in [0.25, 0.3) is 0 Å². The molecule has 0 fully saturated rings. The van der Waals surface area contributed by atoms with E-state index in [1.165, 1.54) is 17.6 Å². The molecule has 0 atom stereocenters. The maximum Gasteiger partial charge on any atom is 0.471 e. The summed E-state index contributed by atoms with van der Waals surface area (Å²) in [5, 5.41) is 3.69. The Morgan fingerprint density at radius 2 is 2.00 bits per heavy atom. The van der Waals surface area contributed by atoms with Gasteiger partial charge in [0, 0.05) is 6.20 Å². The predicted octanol–water partition coefficient (Wildman–Crippen LogP) is 1.01. The average Bonchev–Trinajstić information content (AvgIpc) is 2.28. The smallest absolute Gasteiger partial charge is 0.339 e. The van der Waals surface area contributed by atoms with Gasteiger partial charge in [0.15, 0.2) is 0 Å². The van der Waals surface area contributed by atoms with Crippen molar-refractivity contribution in [3.05, 3.63) is 23.9 Å². The molecule has 18 heavy (non-hydrogen) atoms. The number of carbonyl (C=O) groups is 2. The molecule has 5 nitrogen and oxygen atoms in total. The molecule has 2 amide bonds. The molecule has 0 aliphatic carbocycles. The number of amides is 2. The van der Waals surface area contributed by atoms with Crippen molar-refractivity contribution in [2.45, 2.75) is 13.1 Å². The monoisotopic (exact) mass is 261 g/mol. The fraction of sp³-hybridized carbons (Fsp3) is 0.300. The summed E-state index contributed by atoms with van der Waals surface area (Å²) < 4.78 is 35.4. The van der Waals surface area contributed by atoms with Crippen LogP contribution in [0.2, 0.25) is 0 Å². The lowest BCUT2D eigenvalue weighted by atomic mass is 10.3. The van der Waals surface area contributed by atoms with Crippen LogP contribution in [-0.2, 0) is 9.59 Å². The van der Waals surface area contributed by atoms with Gasteiger partial charge in [-0.2, -0.15) is 13.2 Å². The first-order valence-electron chi connectivity index (χ1n) is 4.86. The van der Waals surface area contributed by atoms with Crippen molar-refractivity contribution in [3.63, 3.8) is 0 Å². The predicted molar refractivity (Wildman–Crippen MR) is 56.7 cm³/mol. The van der Waals surface area contributed by atoms with Crippen LogP contribution in [0.4, 0.5) is 19.0 Å². The Balaban J connectivity index is 2.43. The standard InChI is InChI=1S/C10H10F3N3O2/c1-6-2-3-7(14-4-6)16-8(17)5-15-9(18)10(11,12)13/h2-4H,5H2,1H3,(H,15,18)(H,14,16,17). The minimum absolute atomic E-state index is 0.201. The van der Waals surface area contributed by atoms with Crippen molar-refractivity contribution in [1.29, 1.82) is 0 Å². The van der Waals surface area contributed by atoms with E-state index in [1.807, 2.05) is 0 Å². The van der Waals surface area contributed by atoms with E-state index in [9.17, 15) is 22.8 Å². The zero-order chi connectivity index (χ0) is 13.8. The molecule has 0 radical (unpaired) electrons. The molecular weight excluding hydrogens is 251 g/mol. The highest BCUT2D eigenvalue weighted by atomic mass is 19.4. The molecule has 0 bridgehead atoms. The van der Waals surface area contributed by atoms with Crippen LogP contribution in [0.15, 0.2) is 18.3 Å². The van der Waals surface area contributed by atoms with Crippen molar-refractivity contribution in [2.24, 2.45) is 0 Å². The third kappa shape index (κ3) is 4.40. The van der Waals surface area contributed by atoms with Gasteiger partial charge in [0.05, 0.1) is 6.54 Å². The van der Waals surface area contributed by atoms with Gasteiger partial charge < -0.3 is 10.6 Å². The van der Waals surface area contributed by atoms with E-state index in [-0.39, 0.29) is 5.82 Å². The summed E-state index contributed by atoms with van der Waals surface area (Å²) in [6.45, 7) is 1.02. The lowest BCUT2D eigenvalue weighted by Crippen LogP contribution is -2.41. The highest BCUT2D eigenvalue weighted by molar-refractivity contribution is 5.94. The van der Waals surface area contributed by atoms with E-state index in [4.69, 9.17) is 0 Å². The van der Waals surface area contributed by atoms with Gasteiger partial charge in [-0.15, -0.1) is 0 Å². The first-order chi connectivity index (χ1) is 8.29. The minimum Gasteiger partial charge on any atom is -0.339 e. The summed E-state index contributed by atoms with van der Waals surface area (Å²) in [6, 6.07) is 3.18. The average molecular weight is 261 g/mol. The van der Waals surface area contributed by atoms with E-state index in [0.29, 0.717) is 0 Å². The molecular formula is C10H10F3N3O2. The molecule has 0 saturated carbocycles. The Morgan fingerprint density at radius 3 is 2.50 bits per heavy atom. The number of aryl methyl sites for hydroxylation is 1. The first-order valence-corrected chi connectivity index (χ1v) is 4.86. The van der Waals surface area contributed by atoms with E-state index >= 15 is 0 Å². The quantitative estimate of drug-likeness (QED) is 0.853. The zero-order valence-electron chi connectivity index (χ0n) is 9.34. The summed E-state index contributed by atoms with van der Waals surface area (Å²) in [5.74, 6) is -2.75. The fourth-order valence-corrected chi connectivity index (χ4v) is 0.990. The normalized spacial score (nSPS) is 10.9. The fourth-order valence-electron chi connectivity index (χ4n) is 0.990. The number of aromatic nitrogens is 1. The van der Waals surface area contributed by atoms with Crippen LogP contribution in [0.3, 0.4) is 0 Å². The van der Waals surface area contributed by atoms with E-state index < -0.39 is 24.5 Å². The number of hydrogen-bond acceptors (Lipinski definition) is 3. The molecule has 0 aliphatic heterocycles. The van der Waals surface area contributed by atoms with E-state index in [2.05, 4.69) is 10.3 Å². The lowest BCUT2D eigenvalue weighted by molar-refractivity contribution is -0.173. The third-order valence-electron chi connectivity index (χ3n) is 1.85. The molecule has 1 aromatic heterocycles. The second-order valence-electron chi connectivity index (χ2n) is 3.45. The van der Waals surface area contributed by atoms with Crippen molar-refractivity contribution in [1.82, 2.24) is 10.3 Å². The number of alkyl halides is 3. The highest BCUT2D eigenvalue weighted by Crippen LogP contribution is 2.13. The largest absolute Gasteiger partial charge is 0.471 e. The highest BCUT2D eigenvalue weighted by Gasteiger charge is 2.38. The number of carbonyl (C=O) groups excluding carboxylic acids is 2. The third-order valence-corrected chi connectivity index (χ3v) is 1.85.